The highest BCUT2D eigenvalue weighted by atomic mass is 32.2. The molecule has 0 aliphatic rings. The Kier molecular flexibility index (Phi) is 8.98. The fourth-order valence-electron chi connectivity index (χ4n) is 3.92. The molecule has 3 aromatic carbocycles. The van der Waals surface area contributed by atoms with Crippen LogP contribution < -0.4 is 30.1 Å². The molecule has 42 heavy (non-hydrogen) atoms. The Bertz CT molecular complexity index is 1690. The lowest BCUT2D eigenvalue weighted by molar-refractivity contribution is 0.102. The number of carbonyl (C=O) groups excluding carboxylic acids is 1. The Hall–Kier alpha value is -4.68. The summed E-state index contributed by atoms with van der Waals surface area (Å²) in [4.78, 5) is 21.8. The fraction of sp³-hybridized carbons (Fsp3) is 0.233. The maximum absolute atomic E-state index is 12.8. The Morgan fingerprint density at radius 1 is 0.833 bits per heavy atom. The normalized spacial score (nSPS) is 11.5. The quantitative estimate of drug-likeness (QED) is 0.185. The van der Waals surface area contributed by atoms with E-state index in [-0.39, 0.29) is 10.8 Å². The van der Waals surface area contributed by atoms with Gasteiger partial charge >= 0.3 is 0 Å². The molecule has 1 aromatic heterocycles. The number of amides is 1. The van der Waals surface area contributed by atoms with Crippen molar-refractivity contribution in [2.75, 3.05) is 30.2 Å². The summed E-state index contributed by atoms with van der Waals surface area (Å²) in [6, 6.07) is 18.5. The molecule has 0 radical (unpaired) electrons. The van der Waals surface area contributed by atoms with Gasteiger partial charge < -0.3 is 25.4 Å². The van der Waals surface area contributed by atoms with Crippen LogP contribution in [0, 0.1) is 6.92 Å². The predicted octanol–water partition coefficient (Wildman–Crippen LogP) is 5.62. The number of anilines is 5. The second-order valence-electron chi connectivity index (χ2n) is 10.5. The number of hydrogen-bond donors (Lipinski definition) is 4. The Labute approximate surface area is 245 Å². The number of ether oxygens (including phenoxy) is 2. The number of rotatable bonds is 10. The minimum absolute atomic E-state index is 0.141. The van der Waals surface area contributed by atoms with E-state index in [2.05, 4.69) is 30.6 Å². The van der Waals surface area contributed by atoms with E-state index in [1.807, 2.05) is 6.92 Å². The molecule has 4 rings (SSSR count). The van der Waals surface area contributed by atoms with Crippen molar-refractivity contribution in [1.82, 2.24) is 14.7 Å². The third-order valence-electron chi connectivity index (χ3n) is 5.86. The molecule has 0 spiro atoms. The molecular weight excluding hydrogens is 556 g/mol. The summed E-state index contributed by atoms with van der Waals surface area (Å²) in [6.45, 7) is 7.20. The number of nitrogens with zero attached hydrogens (tertiary/aromatic N) is 2. The number of aryl methyl sites for hydroxylation is 1. The van der Waals surface area contributed by atoms with Crippen LogP contribution in [0.2, 0.25) is 0 Å². The third kappa shape index (κ3) is 7.74. The van der Waals surface area contributed by atoms with Gasteiger partial charge in [-0.25, -0.2) is 18.1 Å². The van der Waals surface area contributed by atoms with Gasteiger partial charge in [-0.05, 0) is 82.3 Å². The second-order valence-corrected chi connectivity index (χ2v) is 12.1. The summed E-state index contributed by atoms with van der Waals surface area (Å²) < 4.78 is 38.7. The summed E-state index contributed by atoms with van der Waals surface area (Å²) in [5.74, 6) is 1.63. The average molecular weight is 591 g/mol. The zero-order chi connectivity index (χ0) is 30.5. The molecule has 0 saturated heterocycles. The van der Waals surface area contributed by atoms with Crippen LogP contribution in [-0.4, -0.2) is 44.1 Å². The van der Waals surface area contributed by atoms with Crippen LogP contribution in [-0.2, 0) is 10.0 Å². The first-order valence-electron chi connectivity index (χ1n) is 13.0. The van der Waals surface area contributed by atoms with E-state index in [1.54, 1.807) is 94.7 Å². The maximum Gasteiger partial charge on any atom is 0.255 e. The predicted molar refractivity (Wildman–Crippen MR) is 164 cm³/mol. The number of carbonyl (C=O) groups is 1. The molecular formula is C30H34N6O5S. The topological polar surface area (TPSA) is 144 Å². The Balaban J connectivity index is 1.45. The molecule has 0 atom stereocenters. The van der Waals surface area contributed by atoms with Crippen LogP contribution >= 0.6 is 0 Å². The number of sulfonamides is 1. The highest BCUT2D eigenvalue weighted by Crippen LogP contribution is 2.30. The fourth-order valence-corrected chi connectivity index (χ4v) is 5.38. The van der Waals surface area contributed by atoms with Crippen LogP contribution in [0.5, 0.6) is 11.5 Å². The Morgan fingerprint density at radius 3 is 2.19 bits per heavy atom. The average Bonchev–Trinajstić information content (AvgIpc) is 2.94. The summed E-state index contributed by atoms with van der Waals surface area (Å²) in [6.07, 6.45) is 1.66. The van der Waals surface area contributed by atoms with E-state index >= 15 is 0 Å². The largest absolute Gasteiger partial charge is 0.493 e. The molecule has 1 amide bonds. The third-order valence-corrected chi connectivity index (χ3v) is 7.62. The zero-order valence-corrected chi connectivity index (χ0v) is 25.1. The molecule has 4 aromatic rings. The molecule has 0 aliphatic heterocycles. The summed E-state index contributed by atoms with van der Waals surface area (Å²) in [7, 11) is -0.623. The lowest BCUT2D eigenvalue weighted by atomic mass is 10.1. The minimum atomic E-state index is -3.70. The van der Waals surface area contributed by atoms with Crippen LogP contribution in [0.25, 0.3) is 0 Å². The van der Waals surface area contributed by atoms with Gasteiger partial charge in [0.05, 0.1) is 19.1 Å². The lowest BCUT2D eigenvalue weighted by Crippen LogP contribution is -2.40. The molecule has 0 saturated carbocycles. The molecule has 0 unspecified atom stereocenters. The van der Waals surface area contributed by atoms with Crippen LogP contribution in [0.4, 0.5) is 28.8 Å². The monoisotopic (exact) mass is 590 g/mol. The van der Waals surface area contributed by atoms with E-state index in [4.69, 9.17) is 9.47 Å². The highest BCUT2D eigenvalue weighted by Gasteiger charge is 2.22. The van der Waals surface area contributed by atoms with Gasteiger partial charge in [-0.3, -0.25) is 4.79 Å². The minimum Gasteiger partial charge on any atom is -0.493 e. The highest BCUT2D eigenvalue weighted by molar-refractivity contribution is 7.89. The number of methoxy groups -OCH3 is 2. The standard InChI is InChI=1S/C30H34N6O5S/c1-19-18-31-29(35-27(19)32-22-8-7-9-24(16-22)42(38,39)36-30(2,3)4)34-21-12-10-20(11-13-21)28(37)33-23-14-15-25(40-5)26(17-23)41-6/h7-18,36H,1-6H3,(H,33,37)(H2,31,32,34,35). The first kappa shape index (κ1) is 30.3. The van der Waals surface area contributed by atoms with E-state index in [1.165, 1.54) is 13.2 Å². The summed E-state index contributed by atoms with van der Waals surface area (Å²) >= 11 is 0. The maximum atomic E-state index is 12.8. The van der Waals surface area contributed by atoms with E-state index in [0.29, 0.717) is 45.9 Å². The van der Waals surface area contributed by atoms with Crippen molar-refractivity contribution in [2.45, 2.75) is 38.1 Å². The van der Waals surface area contributed by atoms with Gasteiger partial charge in [0.2, 0.25) is 16.0 Å². The van der Waals surface area contributed by atoms with Crippen molar-refractivity contribution in [3.63, 3.8) is 0 Å². The van der Waals surface area contributed by atoms with Gasteiger partial charge in [-0.2, -0.15) is 4.98 Å². The van der Waals surface area contributed by atoms with Gasteiger partial charge in [0.15, 0.2) is 11.5 Å². The number of hydrogen-bond acceptors (Lipinski definition) is 9. The molecule has 220 valence electrons. The molecule has 11 nitrogen and oxygen atoms in total. The van der Waals surface area contributed by atoms with Gasteiger partial charge in [0.1, 0.15) is 5.82 Å². The molecule has 0 aliphatic carbocycles. The molecule has 1 heterocycles. The van der Waals surface area contributed by atoms with Crippen LogP contribution in [0.15, 0.2) is 77.8 Å². The van der Waals surface area contributed by atoms with E-state index in [0.717, 1.165) is 5.56 Å². The lowest BCUT2D eigenvalue weighted by Gasteiger charge is -2.20. The SMILES string of the molecule is COc1ccc(NC(=O)c2ccc(Nc3ncc(C)c(Nc4cccc(S(=O)(=O)NC(C)(C)C)c4)n3)cc2)cc1OC. The smallest absolute Gasteiger partial charge is 0.255 e. The number of aromatic nitrogens is 2. The zero-order valence-electron chi connectivity index (χ0n) is 24.3. The van der Waals surface area contributed by atoms with E-state index < -0.39 is 15.6 Å². The molecule has 0 bridgehead atoms. The first-order chi connectivity index (χ1) is 19.9. The van der Waals surface area contributed by atoms with Crippen LogP contribution in [0.1, 0.15) is 36.7 Å². The van der Waals surface area contributed by atoms with Crippen LogP contribution in [0.3, 0.4) is 0 Å². The number of nitrogens with one attached hydrogen (secondary N) is 4. The van der Waals surface area contributed by atoms with Crippen molar-refractivity contribution in [3.8, 4) is 11.5 Å². The summed E-state index contributed by atoms with van der Waals surface area (Å²) in [5.41, 5.74) is 2.42. The van der Waals surface area contributed by atoms with Gasteiger partial charge in [-0.15, -0.1) is 0 Å². The molecule has 0 fully saturated rings. The van der Waals surface area contributed by atoms with Crippen molar-refractivity contribution in [1.29, 1.82) is 0 Å². The van der Waals surface area contributed by atoms with Gasteiger partial charge in [-0.1, -0.05) is 6.07 Å². The van der Waals surface area contributed by atoms with Gasteiger partial charge in [0, 0.05) is 46.0 Å². The number of benzene rings is 3. The van der Waals surface area contributed by atoms with Crippen molar-refractivity contribution < 1.29 is 22.7 Å². The molecule has 4 N–H and O–H groups in total. The van der Waals surface area contributed by atoms with Crippen molar-refractivity contribution in [2.24, 2.45) is 0 Å². The van der Waals surface area contributed by atoms with Crippen molar-refractivity contribution >= 4 is 44.8 Å². The first-order valence-corrected chi connectivity index (χ1v) is 14.5. The van der Waals surface area contributed by atoms with Crippen molar-refractivity contribution in [3.05, 3.63) is 84.1 Å². The van der Waals surface area contributed by atoms with Gasteiger partial charge in [0.25, 0.3) is 5.91 Å². The Morgan fingerprint density at radius 2 is 1.52 bits per heavy atom. The molecule has 12 heteroatoms. The van der Waals surface area contributed by atoms with E-state index in [9.17, 15) is 13.2 Å². The summed E-state index contributed by atoms with van der Waals surface area (Å²) in [5, 5.41) is 9.16. The second kappa shape index (κ2) is 12.5.